The van der Waals surface area contributed by atoms with Gasteiger partial charge in [0.05, 0.1) is 6.17 Å². The third kappa shape index (κ3) is 2.85. The Kier molecular flexibility index (Phi) is 3.41. The van der Waals surface area contributed by atoms with Gasteiger partial charge in [-0.2, -0.15) is 0 Å². The van der Waals surface area contributed by atoms with E-state index in [9.17, 15) is 14.7 Å². The second-order valence-electron chi connectivity index (χ2n) is 4.29. The van der Waals surface area contributed by atoms with Crippen molar-refractivity contribution in [3.8, 4) is 5.75 Å². The topological polar surface area (TPSA) is 89.9 Å². The number of rotatable bonds is 3. The average molecular weight is 262 g/mol. The highest BCUT2D eigenvalue weighted by molar-refractivity contribution is 6.00. The van der Waals surface area contributed by atoms with E-state index in [1.807, 2.05) is 0 Å². The molecule has 2 rings (SSSR count). The summed E-state index contributed by atoms with van der Waals surface area (Å²) in [6.45, 7) is 1.47. The Labute approximate surface area is 110 Å². The molecule has 1 saturated heterocycles. The summed E-state index contributed by atoms with van der Waals surface area (Å²) in [5.41, 5.74) is 1.02. The van der Waals surface area contributed by atoms with E-state index >= 15 is 0 Å². The molecule has 1 aliphatic rings. The average Bonchev–Trinajstić information content (AvgIpc) is 2.58. The molecule has 0 radical (unpaired) electrons. The predicted octanol–water partition coefficient (Wildman–Crippen LogP) is 0.596. The summed E-state index contributed by atoms with van der Waals surface area (Å²) in [6, 6.07) is 6.31. The first kappa shape index (κ1) is 12.9. The highest BCUT2D eigenvalue weighted by atomic mass is 16.4. The van der Waals surface area contributed by atoms with E-state index in [1.165, 1.54) is 17.0 Å². The molecular formula is C13H14N2O4. The van der Waals surface area contributed by atoms with Gasteiger partial charge in [-0.15, -0.1) is 0 Å². The molecule has 1 aliphatic heterocycles. The van der Waals surface area contributed by atoms with Gasteiger partial charge in [0, 0.05) is 0 Å². The van der Waals surface area contributed by atoms with Gasteiger partial charge in [-0.3, -0.25) is 9.59 Å². The van der Waals surface area contributed by atoms with Crippen LogP contribution in [-0.4, -0.2) is 39.7 Å². The molecule has 1 atom stereocenters. The number of benzene rings is 1. The fourth-order valence-electron chi connectivity index (χ4n) is 1.93. The van der Waals surface area contributed by atoms with Gasteiger partial charge in [-0.25, -0.2) is 0 Å². The molecule has 1 amide bonds. The summed E-state index contributed by atoms with van der Waals surface area (Å²) in [7, 11) is 0. The molecule has 6 heteroatoms. The van der Waals surface area contributed by atoms with E-state index in [-0.39, 0.29) is 24.4 Å². The molecule has 3 N–H and O–H groups in total. The Morgan fingerprint density at radius 2 is 2.05 bits per heavy atom. The number of carboxylic acid groups (broad SMARTS) is 1. The summed E-state index contributed by atoms with van der Waals surface area (Å²) in [5.74, 6) is -1.17. The highest BCUT2D eigenvalue weighted by Gasteiger charge is 2.32. The third-order valence-corrected chi connectivity index (χ3v) is 2.85. The van der Waals surface area contributed by atoms with E-state index in [1.54, 1.807) is 25.1 Å². The van der Waals surface area contributed by atoms with E-state index < -0.39 is 5.97 Å². The van der Waals surface area contributed by atoms with Crippen LogP contribution in [-0.2, 0) is 9.59 Å². The molecule has 0 aliphatic carbocycles. The van der Waals surface area contributed by atoms with Gasteiger partial charge >= 0.3 is 5.97 Å². The van der Waals surface area contributed by atoms with Crippen molar-refractivity contribution in [2.75, 3.05) is 6.54 Å². The number of hydrogen-bond acceptors (Lipinski definition) is 4. The molecule has 0 bridgehead atoms. The Hall–Kier alpha value is -2.50. The van der Waals surface area contributed by atoms with Crippen molar-refractivity contribution in [1.82, 2.24) is 10.2 Å². The van der Waals surface area contributed by atoms with Crippen LogP contribution in [0.5, 0.6) is 5.75 Å². The van der Waals surface area contributed by atoms with Crippen molar-refractivity contribution >= 4 is 18.0 Å². The largest absolute Gasteiger partial charge is 0.508 e. The molecule has 1 aromatic rings. The summed E-state index contributed by atoms with van der Waals surface area (Å²) in [6.07, 6.45) is 1.24. The fourth-order valence-corrected chi connectivity index (χ4v) is 1.93. The first-order chi connectivity index (χ1) is 8.97. The number of phenolic OH excluding ortho intramolecular Hbond substituents is 1. The van der Waals surface area contributed by atoms with Crippen molar-refractivity contribution in [3.05, 3.63) is 35.5 Å². The monoisotopic (exact) mass is 262 g/mol. The minimum atomic E-state index is -1.00. The minimum Gasteiger partial charge on any atom is -0.508 e. The van der Waals surface area contributed by atoms with Crippen LogP contribution in [0, 0.1) is 0 Å². The second kappa shape index (κ2) is 5.01. The molecule has 1 heterocycles. The first-order valence-electron chi connectivity index (χ1n) is 5.77. The number of phenols is 1. The Bertz CT molecular complexity index is 536. The number of nitrogens with one attached hydrogen (secondary N) is 1. The number of carbonyl (C=O) groups is 2. The van der Waals surface area contributed by atoms with Gasteiger partial charge in [-0.1, -0.05) is 12.1 Å². The summed E-state index contributed by atoms with van der Waals surface area (Å²) in [5, 5.41) is 20.7. The van der Waals surface area contributed by atoms with Gasteiger partial charge in [0.2, 0.25) is 0 Å². The molecule has 6 nitrogen and oxygen atoms in total. The van der Waals surface area contributed by atoms with Crippen LogP contribution < -0.4 is 5.32 Å². The standard InChI is InChI=1S/C13H14N2O4/c1-8-14-13(19)11(15(8)7-12(17)18)6-9-2-4-10(16)5-3-9/h2-6,8,16H,7H2,1H3,(H,14,19)(H,17,18). The van der Waals surface area contributed by atoms with Crippen LogP contribution in [0.3, 0.4) is 0 Å². The lowest BCUT2D eigenvalue weighted by molar-refractivity contribution is -0.138. The smallest absolute Gasteiger partial charge is 0.323 e. The van der Waals surface area contributed by atoms with Crippen LogP contribution in [0.2, 0.25) is 0 Å². The Morgan fingerprint density at radius 1 is 1.42 bits per heavy atom. The summed E-state index contributed by atoms with van der Waals surface area (Å²) in [4.78, 5) is 24.1. The maximum Gasteiger partial charge on any atom is 0.323 e. The lowest BCUT2D eigenvalue weighted by Crippen LogP contribution is -2.35. The molecule has 19 heavy (non-hydrogen) atoms. The molecule has 0 aromatic heterocycles. The number of carboxylic acids is 1. The van der Waals surface area contributed by atoms with Crippen LogP contribution in [0.4, 0.5) is 0 Å². The van der Waals surface area contributed by atoms with E-state index in [4.69, 9.17) is 5.11 Å². The Morgan fingerprint density at radius 3 is 2.63 bits per heavy atom. The number of aliphatic carboxylic acids is 1. The number of nitrogens with zero attached hydrogens (tertiary/aromatic N) is 1. The summed E-state index contributed by atoms with van der Waals surface area (Å²) < 4.78 is 0. The lowest BCUT2D eigenvalue weighted by Gasteiger charge is -2.20. The maximum atomic E-state index is 11.8. The van der Waals surface area contributed by atoms with Crippen LogP contribution in [0.25, 0.3) is 6.08 Å². The van der Waals surface area contributed by atoms with Crippen molar-refractivity contribution in [2.45, 2.75) is 13.1 Å². The van der Waals surface area contributed by atoms with Gasteiger partial charge < -0.3 is 20.4 Å². The first-order valence-corrected chi connectivity index (χ1v) is 5.77. The zero-order valence-electron chi connectivity index (χ0n) is 10.3. The third-order valence-electron chi connectivity index (χ3n) is 2.85. The predicted molar refractivity (Wildman–Crippen MR) is 68.0 cm³/mol. The molecule has 100 valence electrons. The molecule has 1 aromatic carbocycles. The molecular weight excluding hydrogens is 248 g/mol. The number of amides is 1. The van der Waals surface area contributed by atoms with E-state index in [2.05, 4.69) is 5.32 Å². The Balaban J connectivity index is 2.31. The van der Waals surface area contributed by atoms with Gasteiger partial charge in [0.25, 0.3) is 5.91 Å². The van der Waals surface area contributed by atoms with Crippen LogP contribution in [0.15, 0.2) is 30.0 Å². The van der Waals surface area contributed by atoms with E-state index in [0.717, 1.165) is 0 Å². The normalized spacial score (nSPS) is 20.7. The van der Waals surface area contributed by atoms with Crippen molar-refractivity contribution < 1.29 is 19.8 Å². The van der Waals surface area contributed by atoms with Gasteiger partial charge in [-0.05, 0) is 30.7 Å². The number of carbonyl (C=O) groups excluding carboxylic acids is 1. The second-order valence-corrected chi connectivity index (χ2v) is 4.29. The van der Waals surface area contributed by atoms with Gasteiger partial charge in [0.1, 0.15) is 18.0 Å². The fraction of sp³-hybridized carbons (Fsp3) is 0.231. The SMILES string of the molecule is CC1NC(=O)C(=Cc2ccc(O)cc2)N1CC(=O)O. The molecule has 0 spiro atoms. The molecule has 1 fully saturated rings. The highest BCUT2D eigenvalue weighted by Crippen LogP contribution is 2.20. The molecule has 0 saturated carbocycles. The molecule has 1 unspecified atom stereocenters. The minimum absolute atomic E-state index is 0.133. The quantitative estimate of drug-likeness (QED) is 0.694. The van der Waals surface area contributed by atoms with Crippen LogP contribution >= 0.6 is 0 Å². The van der Waals surface area contributed by atoms with Crippen molar-refractivity contribution in [3.63, 3.8) is 0 Å². The summed E-state index contributed by atoms with van der Waals surface area (Å²) >= 11 is 0. The lowest BCUT2D eigenvalue weighted by atomic mass is 10.1. The number of aromatic hydroxyl groups is 1. The van der Waals surface area contributed by atoms with E-state index in [0.29, 0.717) is 11.3 Å². The van der Waals surface area contributed by atoms with Crippen molar-refractivity contribution in [2.24, 2.45) is 0 Å². The number of hydrogen-bond donors (Lipinski definition) is 3. The van der Waals surface area contributed by atoms with Crippen molar-refractivity contribution in [1.29, 1.82) is 0 Å². The maximum absolute atomic E-state index is 11.8. The zero-order valence-corrected chi connectivity index (χ0v) is 10.3. The van der Waals surface area contributed by atoms with Crippen LogP contribution in [0.1, 0.15) is 12.5 Å². The zero-order chi connectivity index (χ0) is 14.0. The van der Waals surface area contributed by atoms with Gasteiger partial charge in [0.15, 0.2) is 0 Å².